The lowest BCUT2D eigenvalue weighted by Crippen LogP contribution is -2.61. The van der Waals surface area contributed by atoms with Crippen molar-refractivity contribution in [1.29, 1.82) is 0 Å². The number of alkyl carbamates (subject to hydrolysis) is 1. The molecule has 0 spiro atoms. The molecule has 1 aliphatic rings. The first kappa shape index (κ1) is 42.8. The Morgan fingerprint density at radius 3 is 2.23 bits per heavy atom. The molecule has 3 rings (SSSR count). The molecule has 3 N–H and O–H groups in total. The molecule has 12 heteroatoms. The van der Waals surface area contributed by atoms with Gasteiger partial charge in [0.25, 0.3) is 5.91 Å². The second-order valence-corrected chi connectivity index (χ2v) is 15.5. The number of nitrogens with one attached hydrogen (secondary N) is 2. The molecular weight excluding hydrogens is 676 g/mol. The van der Waals surface area contributed by atoms with Crippen molar-refractivity contribution >= 4 is 41.7 Å². The summed E-state index contributed by atoms with van der Waals surface area (Å²) in [5.41, 5.74) is -1.10. The summed E-state index contributed by atoms with van der Waals surface area (Å²) in [6.45, 7) is 14.3. The van der Waals surface area contributed by atoms with Crippen molar-refractivity contribution in [2.75, 3.05) is 0 Å². The van der Waals surface area contributed by atoms with E-state index in [9.17, 15) is 29.1 Å². The Balaban J connectivity index is 2.05. The Morgan fingerprint density at radius 2 is 1.58 bits per heavy atom. The van der Waals surface area contributed by atoms with Gasteiger partial charge >= 0.3 is 12.1 Å². The zero-order chi connectivity index (χ0) is 39.3. The summed E-state index contributed by atoms with van der Waals surface area (Å²) in [4.78, 5) is 74.9. The molecule has 0 radical (unpaired) electrons. The fourth-order valence-electron chi connectivity index (χ4n) is 6.13. The fourth-order valence-corrected chi connectivity index (χ4v) is 6.13. The zero-order valence-electron chi connectivity index (χ0n) is 32.5. The van der Waals surface area contributed by atoms with Gasteiger partial charge in [-0.15, -0.1) is 0 Å². The van der Waals surface area contributed by atoms with Gasteiger partial charge in [-0.2, -0.15) is 0 Å². The molecule has 2 aromatic rings. The lowest BCUT2D eigenvalue weighted by molar-refractivity contribution is -0.156. The predicted octanol–water partition coefficient (Wildman–Crippen LogP) is 6.50. The van der Waals surface area contributed by atoms with Crippen LogP contribution in [0.1, 0.15) is 111 Å². The van der Waals surface area contributed by atoms with Crippen LogP contribution in [0, 0.1) is 11.8 Å². The quantitative estimate of drug-likeness (QED) is 0.146. The largest absolute Gasteiger partial charge is 0.459 e. The molecule has 1 aliphatic heterocycles. The lowest BCUT2D eigenvalue weighted by Gasteiger charge is -2.36. The number of imide groups is 1. The molecule has 1 heterocycles. The number of esters is 1. The molecule has 0 saturated carbocycles. The van der Waals surface area contributed by atoms with Gasteiger partial charge in [-0.3, -0.25) is 24.3 Å². The molecule has 2 aromatic carbocycles. The van der Waals surface area contributed by atoms with Crippen molar-refractivity contribution in [2.45, 2.75) is 136 Å². The van der Waals surface area contributed by atoms with Crippen LogP contribution in [-0.4, -0.2) is 69.7 Å². The van der Waals surface area contributed by atoms with Gasteiger partial charge in [0.05, 0.1) is 5.69 Å². The lowest BCUT2D eigenvalue weighted by atomic mass is 9.87. The van der Waals surface area contributed by atoms with E-state index in [4.69, 9.17) is 9.47 Å². The molecule has 12 nitrogen and oxygen atoms in total. The van der Waals surface area contributed by atoms with Crippen LogP contribution in [0.5, 0.6) is 0 Å². The van der Waals surface area contributed by atoms with Crippen LogP contribution < -0.4 is 10.6 Å². The van der Waals surface area contributed by atoms with Crippen molar-refractivity contribution in [3.8, 4) is 0 Å². The number of carbonyl (C=O) groups is 5. The number of amides is 4. The number of nitrogens with zero attached hydrogens (tertiary/aromatic N) is 2. The number of hydrogen-bond donors (Lipinski definition) is 3. The van der Waals surface area contributed by atoms with Crippen LogP contribution in [0.3, 0.4) is 0 Å². The second kappa shape index (κ2) is 19.5. The molecule has 0 unspecified atom stereocenters. The Labute approximate surface area is 314 Å². The fraction of sp³-hybridized carbons (Fsp3) is 0.561. The van der Waals surface area contributed by atoms with E-state index in [0.717, 1.165) is 29.7 Å². The van der Waals surface area contributed by atoms with E-state index >= 15 is 0 Å². The van der Waals surface area contributed by atoms with E-state index < -0.39 is 65.5 Å². The van der Waals surface area contributed by atoms with Gasteiger partial charge in [-0.1, -0.05) is 95.5 Å². The third kappa shape index (κ3) is 13.1. The van der Waals surface area contributed by atoms with Gasteiger partial charge < -0.3 is 25.2 Å². The number of aliphatic imine (C=N–C) groups is 1. The second-order valence-electron chi connectivity index (χ2n) is 15.5. The number of fused-ring (bicyclic) bond motifs is 1. The van der Waals surface area contributed by atoms with Gasteiger partial charge in [0.2, 0.25) is 11.8 Å². The minimum Gasteiger partial charge on any atom is -0.459 e. The van der Waals surface area contributed by atoms with Crippen LogP contribution in [-0.2, 0) is 40.9 Å². The average Bonchev–Trinajstić information content (AvgIpc) is 3.43. The Hall–Kier alpha value is -4.58. The maximum Gasteiger partial charge on any atom is 0.408 e. The number of hydrogen-bond acceptors (Lipinski definition) is 9. The molecular formula is C41H58N4O8. The van der Waals surface area contributed by atoms with E-state index in [0.29, 0.717) is 17.7 Å². The van der Waals surface area contributed by atoms with E-state index in [-0.39, 0.29) is 31.3 Å². The first-order chi connectivity index (χ1) is 24.9. The topological polar surface area (TPSA) is 164 Å². The number of unbranched alkanes of at least 4 members (excludes halogenated alkanes) is 1. The smallest absolute Gasteiger partial charge is 0.408 e. The van der Waals surface area contributed by atoms with Crippen LogP contribution in [0.25, 0.3) is 0 Å². The third-order valence-corrected chi connectivity index (χ3v) is 8.95. The summed E-state index contributed by atoms with van der Waals surface area (Å²) in [7, 11) is 0. The summed E-state index contributed by atoms with van der Waals surface area (Å²) < 4.78 is 10.9. The van der Waals surface area contributed by atoms with Crippen molar-refractivity contribution in [1.82, 2.24) is 15.5 Å². The normalized spacial score (nSPS) is 17.2. The van der Waals surface area contributed by atoms with Crippen LogP contribution in [0.2, 0.25) is 0 Å². The molecule has 0 bridgehead atoms. The highest BCUT2D eigenvalue weighted by atomic mass is 16.6. The summed E-state index contributed by atoms with van der Waals surface area (Å²) in [6, 6.07) is 11.8. The molecule has 290 valence electrons. The Bertz CT molecular complexity index is 1590. The number of aliphatic hydroxyl groups is 1. The molecule has 0 saturated heterocycles. The van der Waals surface area contributed by atoms with E-state index in [1.165, 1.54) is 13.1 Å². The molecule has 5 atom stereocenters. The van der Waals surface area contributed by atoms with E-state index in [1.807, 2.05) is 39.0 Å². The summed E-state index contributed by atoms with van der Waals surface area (Å²) >= 11 is 0. The predicted molar refractivity (Wildman–Crippen MR) is 203 cm³/mol. The summed E-state index contributed by atoms with van der Waals surface area (Å²) in [5.74, 6) is -3.03. The average molecular weight is 735 g/mol. The highest BCUT2D eigenvalue weighted by Crippen LogP contribution is 2.39. The Morgan fingerprint density at radius 1 is 0.925 bits per heavy atom. The zero-order valence-corrected chi connectivity index (χ0v) is 32.5. The Kier molecular flexibility index (Phi) is 15.7. The van der Waals surface area contributed by atoms with Crippen molar-refractivity contribution in [3.05, 3.63) is 65.7 Å². The number of para-hydroxylation sites is 1. The summed E-state index contributed by atoms with van der Waals surface area (Å²) in [5, 5.41) is 17.3. The summed E-state index contributed by atoms with van der Waals surface area (Å²) in [6.07, 6.45) is 3.32. The molecule has 53 heavy (non-hydrogen) atoms. The number of benzene rings is 2. The van der Waals surface area contributed by atoms with Crippen LogP contribution >= 0.6 is 0 Å². The first-order valence-corrected chi connectivity index (χ1v) is 18.7. The number of carbonyl (C=O) groups excluding carboxylic acids is 5. The van der Waals surface area contributed by atoms with Gasteiger partial charge in [-0.05, 0) is 64.0 Å². The molecule has 4 amide bonds. The van der Waals surface area contributed by atoms with E-state index in [1.54, 1.807) is 57.2 Å². The van der Waals surface area contributed by atoms with E-state index in [2.05, 4.69) is 22.5 Å². The first-order valence-electron chi connectivity index (χ1n) is 18.7. The van der Waals surface area contributed by atoms with Gasteiger partial charge in [0.15, 0.2) is 0 Å². The standard InChI is InChI=1S/C41H58N4O8/c1-9-10-16-28(4)21-22-35(46)45(37(48)33(23-27(2)3)44-39(50)53-40(6,7)8)34(24-41(51)26-42-32-20-15-14-19-31(32)41)36(47)43-29(5)38(49)52-25-30-17-12-11-13-18-30/h11-15,17-20,26-29,33-34,51H,9-10,16,21-25H2,1-8H3,(H,43,47)(H,44,50)/t28-,29-,33+,34-,41+/m0/s1. The maximum atomic E-state index is 14.7. The molecule has 0 aromatic heterocycles. The van der Waals surface area contributed by atoms with Crippen molar-refractivity contribution in [2.24, 2.45) is 16.8 Å². The van der Waals surface area contributed by atoms with Crippen LogP contribution in [0.15, 0.2) is 59.6 Å². The van der Waals surface area contributed by atoms with Gasteiger partial charge in [0, 0.05) is 24.6 Å². The third-order valence-electron chi connectivity index (χ3n) is 8.95. The highest BCUT2D eigenvalue weighted by Gasteiger charge is 2.46. The SMILES string of the molecule is CCCC[C@H](C)CCC(=O)N(C(=O)[C@@H](CC(C)C)NC(=O)OC(C)(C)C)[C@@H](C[C@@]1(O)C=Nc2ccccc21)C(=O)N[C@@H](C)C(=O)OCc1ccccc1. The minimum absolute atomic E-state index is 0.0250. The monoisotopic (exact) mass is 734 g/mol. The van der Waals surface area contributed by atoms with Gasteiger partial charge in [0.1, 0.15) is 35.9 Å². The number of rotatable bonds is 18. The highest BCUT2D eigenvalue weighted by molar-refractivity contribution is 6.04. The molecule has 0 aliphatic carbocycles. The van der Waals surface area contributed by atoms with Crippen molar-refractivity contribution < 1.29 is 38.6 Å². The van der Waals surface area contributed by atoms with Crippen molar-refractivity contribution in [3.63, 3.8) is 0 Å². The van der Waals surface area contributed by atoms with Crippen LogP contribution in [0.4, 0.5) is 10.5 Å². The maximum absolute atomic E-state index is 14.7. The minimum atomic E-state index is -1.85. The molecule has 0 fully saturated rings. The van der Waals surface area contributed by atoms with Gasteiger partial charge in [-0.25, -0.2) is 9.59 Å². The number of ether oxygens (including phenoxy) is 2.